The molecule has 0 saturated carbocycles. The molecule has 3 nitrogen and oxygen atoms in total. The highest BCUT2D eigenvalue weighted by Gasteiger charge is 2.03. The summed E-state index contributed by atoms with van der Waals surface area (Å²) in [6.45, 7) is 0. The van der Waals surface area contributed by atoms with Gasteiger partial charge in [-0.2, -0.15) is 5.26 Å². The third-order valence-corrected chi connectivity index (χ3v) is 3.18. The van der Waals surface area contributed by atoms with Crippen LogP contribution in [0.1, 0.15) is 5.82 Å². The van der Waals surface area contributed by atoms with E-state index in [1.165, 1.54) is 11.1 Å². The van der Waals surface area contributed by atoms with Crippen LogP contribution in [0.25, 0.3) is 22.4 Å². The van der Waals surface area contributed by atoms with Crippen LogP contribution in [0.5, 0.6) is 0 Å². The average molecular weight is 259 g/mol. The molecule has 0 aliphatic heterocycles. The van der Waals surface area contributed by atoms with Crippen molar-refractivity contribution in [2.45, 2.75) is 6.42 Å². The Kier molecular flexibility index (Phi) is 3.30. The van der Waals surface area contributed by atoms with Crippen LogP contribution in [0.2, 0.25) is 0 Å². The summed E-state index contributed by atoms with van der Waals surface area (Å²) in [6, 6.07) is 20.7. The molecule has 2 aromatic carbocycles. The molecule has 0 aliphatic carbocycles. The molecule has 0 aliphatic rings. The van der Waals surface area contributed by atoms with E-state index in [0.29, 0.717) is 12.2 Å². The van der Waals surface area contributed by atoms with Gasteiger partial charge in [-0.15, -0.1) is 0 Å². The number of rotatable bonds is 3. The molecule has 1 heterocycles. The van der Waals surface area contributed by atoms with Gasteiger partial charge in [0.1, 0.15) is 5.82 Å². The van der Waals surface area contributed by atoms with E-state index in [1.54, 1.807) is 6.20 Å². The summed E-state index contributed by atoms with van der Waals surface area (Å²) in [5, 5.41) is 8.65. The van der Waals surface area contributed by atoms with Crippen LogP contribution < -0.4 is 0 Å². The molecule has 3 aromatic rings. The first kappa shape index (κ1) is 12.2. The van der Waals surface area contributed by atoms with Gasteiger partial charge >= 0.3 is 0 Å². The number of nitrogens with one attached hydrogen (secondary N) is 1. The maximum atomic E-state index is 8.65. The lowest BCUT2D eigenvalue weighted by molar-refractivity contribution is 1.06. The molecule has 0 amide bonds. The highest BCUT2D eigenvalue weighted by atomic mass is 14.9. The Morgan fingerprint density at radius 3 is 2.25 bits per heavy atom. The molecule has 0 atom stereocenters. The van der Waals surface area contributed by atoms with Gasteiger partial charge in [0.2, 0.25) is 0 Å². The monoisotopic (exact) mass is 259 g/mol. The minimum absolute atomic E-state index is 0.308. The Balaban J connectivity index is 1.87. The molecule has 0 spiro atoms. The van der Waals surface area contributed by atoms with Crippen molar-refractivity contribution in [2.24, 2.45) is 0 Å². The predicted octanol–water partition coefficient (Wildman–Crippen LogP) is 3.81. The predicted molar refractivity (Wildman–Crippen MR) is 78.8 cm³/mol. The minimum Gasteiger partial charge on any atom is -0.341 e. The molecule has 0 saturated heterocycles. The van der Waals surface area contributed by atoms with Gasteiger partial charge in [-0.3, -0.25) is 0 Å². The fourth-order valence-electron chi connectivity index (χ4n) is 2.15. The Morgan fingerprint density at radius 2 is 1.55 bits per heavy atom. The van der Waals surface area contributed by atoms with Crippen molar-refractivity contribution in [1.29, 1.82) is 5.26 Å². The van der Waals surface area contributed by atoms with Crippen molar-refractivity contribution in [3.63, 3.8) is 0 Å². The smallest absolute Gasteiger partial charge is 0.120 e. The number of hydrogen-bond acceptors (Lipinski definition) is 2. The zero-order chi connectivity index (χ0) is 13.8. The van der Waals surface area contributed by atoms with Crippen LogP contribution in [0.3, 0.4) is 0 Å². The molecule has 20 heavy (non-hydrogen) atoms. The number of aromatic amines is 1. The van der Waals surface area contributed by atoms with E-state index in [-0.39, 0.29) is 0 Å². The normalized spacial score (nSPS) is 10.2. The van der Waals surface area contributed by atoms with Gasteiger partial charge < -0.3 is 4.98 Å². The van der Waals surface area contributed by atoms with E-state index in [1.807, 2.05) is 18.2 Å². The third kappa shape index (κ3) is 2.45. The van der Waals surface area contributed by atoms with Crippen LogP contribution in [0, 0.1) is 11.3 Å². The van der Waals surface area contributed by atoms with Crippen molar-refractivity contribution in [3.05, 3.63) is 66.6 Å². The Hall–Kier alpha value is -2.86. The second-order valence-electron chi connectivity index (χ2n) is 4.52. The van der Waals surface area contributed by atoms with Crippen molar-refractivity contribution >= 4 is 0 Å². The standard InChI is InChI=1S/C17H13N3/c18-11-10-17-19-12-16(20-17)15-8-6-14(7-9-15)13-4-2-1-3-5-13/h1-9,12H,10H2,(H,19,20). The third-order valence-electron chi connectivity index (χ3n) is 3.18. The number of aromatic nitrogens is 2. The summed E-state index contributed by atoms with van der Waals surface area (Å²) in [5.74, 6) is 0.703. The number of nitrogens with zero attached hydrogens (tertiary/aromatic N) is 2. The van der Waals surface area contributed by atoms with Crippen molar-refractivity contribution in [2.75, 3.05) is 0 Å². The summed E-state index contributed by atoms with van der Waals surface area (Å²) in [5.41, 5.74) is 4.40. The number of benzene rings is 2. The van der Waals surface area contributed by atoms with E-state index in [4.69, 9.17) is 5.26 Å². The maximum absolute atomic E-state index is 8.65. The van der Waals surface area contributed by atoms with Crippen LogP contribution in [0.4, 0.5) is 0 Å². The highest BCUT2D eigenvalue weighted by molar-refractivity contribution is 5.68. The summed E-state index contributed by atoms with van der Waals surface area (Å²) in [6.07, 6.45) is 2.08. The van der Waals surface area contributed by atoms with Gasteiger partial charge in [0.05, 0.1) is 24.4 Å². The number of H-pyrrole nitrogens is 1. The second kappa shape index (κ2) is 5.41. The van der Waals surface area contributed by atoms with E-state index in [2.05, 4.69) is 52.4 Å². The lowest BCUT2D eigenvalue weighted by Crippen LogP contribution is -1.84. The number of imidazole rings is 1. The molecule has 3 rings (SSSR count). The molecular weight excluding hydrogens is 246 g/mol. The Labute approximate surface area is 117 Å². The maximum Gasteiger partial charge on any atom is 0.120 e. The fraction of sp³-hybridized carbons (Fsp3) is 0.0588. The number of nitriles is 1. The molecule has 1 aromatic heterocycles. The average Bonchev–Trinajstić information content (AvgIpc) is 2.97. The Morgan fingerprint density at radius 1 is 0.900 bits per heavy atom. The van der Waals surface area contributed by atoms with Crippen molar-refractivity contribution in [1.82, 2.24) is 9.97 Å². The topological polar surface area (TPSA) is 52.5 Å². The first-order valence-corrected chi connectivity index (χ1v) is 6.43. The summed E-state index contributed by atoms with van der Waals surface area (Å²) in [4.78, 5) is 7.34. The summed E-state index contributed by atoms with van der Waals surface area (Å²) >= 11 is 0. The van der Waals surface area contributed by atoms with Crippen LogP contribution in [-0.4, -0.2) is 9.97 Å². The van der Waals surface area contributed by atoms with E-state index in [9.17, 15) is 0 Å². The minimum atomic E-state index is 0.308. The first-order chi connectivity index (χ1) is 9.86. The van der Waals surface area contributed by atoms with Gasteiger partial charge in [-0.25, -0.2) is 4.98 Å². The fourth-order valence-corrected chi connectivity index (χ4v) is 2.15. The van der Waals surface area contributed by atoms with Crippen LogP contribution >= 0.6 is 0 Å². The Bertz CT molecular complexity index is 734. The van der Waals surface area contributed by atoms with Gasteiger partial charge in [-0.05, 0) is 16.7 Å². The molecule has 0 bridgehead atoms. The lowest BCUT2D eigenvalue weighted by Gasteiger charge is -2.03. The largest absolute Gasteiger partial charge is 0.341 e. The summed E-state index contributed by atoms with van der Waals surface area (Å²) in [7, 11) is 0. The van der Waals surface area contributed by atoms with E-state index >= 15 is 0 Å². The van der Waals surface area contributed by atoms with Gasteiger partial charge in [0.15, 0.2) is 0 Å². The SMILES string of the molecule is N#CCc1ncc(-c2ccc(-c3ccccc3)cc2)[nH]1. The zero-order valence-corrected chi connectivity index (χ0v) is 10.9. The van der Waals surface area contributed by atoms with E-state index < -0.39 is 0 Å². The van der Waals surface area contributed by atoms with Crippen LogP contribution in [0.15, 0.2) is 60.8 Å². The van der Waals surface area contributed by atoms with Crippen molar-refractivity contribution < 1.29 is 0 Å². The molecule has 3 heteroatoms. The van der Waals surface area contributed by atoms with E-state index in [0.717, 1.165) is 11.3 Å². The quantitative estimate of drug-likeness (QED) is 0.777. The zero-order valence-electron chi connectivity index (χ0n) is 10.9. The van der Waals surface area contributed by atoms with Crippen LogP contribution in [-0.2, 0) is 6.42 Å². The van der Waals surface area contributed by atoms with Crippen molar-refractivity contribution in [3.8, 4) is 28.5 Å². The van der Waals surface area contributed by atoms with Gasteiger partial charge in [0.25, 0.3) is 0 Å². The molecule has 0 radical (unpaired) electrons. The second-order valence-corrected chi connectivity index (χ2v) is 4.52. The van der Waals surface area contributed by atoms with Gasteiger partial charge in [-0.1, -0.05) is 54.6 Å². The molecule has 1 N–H and O–H groups in total. The molecule has 96 valence electrons. The number of hydrogen-bond donors (Lipinski definition) is 1. The van der Waals surface area contributed by atoms with Gasteiger partial charge in [0, 0.05) is 0 Å². The first-order valence-electron chi connectivity index (χ1n) is 6.43. The highest BCUT2D eigenvalue weighted by Crippen LogP contribution is 2.23. The molecule has 0 unspecified atom stereocenters. The lowest BCUT2D eigenvalue weighted by atomic mass is 10.0. The summed E-state index contributed by atoms with van der Waals surface area (Å²) < 4.78 is 0. The molecular formula is C17H13N3. The molecule has 0 fully saturated rings.